The zero-order valence-corrected chi connectivity index (χ0v) is 27.5. The van der Waals surface area contributed by atoms with E-state index in [4.69, 9.17) is 9.47 Å². The maximum atomic E-state index is 12.9. The van der Waals surface area contributed by atoms with Crippen molar-refractivity contribution in [2.24, 2.45) is 34.5 Å². The summed E-state index contributed by atoms with van der Waals surface area (Å²) in [7, 11) is 0. The molecule has 5 unspecified atom stereocenters. The van der Waals surface area contributed by atoms with Crippen LogP contribution in [0.15, 0.2) is 47.0 Å². The molecule has 39 heavy (non-hydrogen) atoms. The second-order valence-electron chi connectivity index (χ2n) is 13.6. The molecule has 3 heteroatoms. The van der Waals surface area contributed by atoms with Gasteiger partial charge in [-0.3, -0.25) is 4.79 Å². The van der Waals surface area contributed by atoms with Gasteiger partial charge in [-0.2, -0.15) is 0 Å². The van der Waals surface area contributed by atoms with Gasteiger partial charge >= 0.3 is 5.97 Å². The van der Waals surface area contributed by atoms with Gasteiger partial charge in [0.1, 0.15) is 11.4 Å². The van der Waals surface area contributed by atoms with E-state index in [2.05, 4.69) is 87.5 Å². The summed E-state index contributed by atoms with van der Waals surface area (Å²) in [6.45, 7) is 26.3. The minimum atomic E-state index is -0.433. The summed E-state index contributed by atoms with van der Waals surface area (Å²) >= 11 is 0. The highest BCUT2D eigenvalue weighted by molar-refractivity contribution is 5.77. The van der Waals surface area contributed by atoms with Gasteiger partial charge in [0.05, 0.1) is 11.2 Å². The van der Waals surface area contributed by atoms with Gasteiger partial charge in [0.15, 0.2) is 0 Å². The lowest BCUT2D eigenvalue weighted by Gasteiger charge is -2.56. The van der Waals surface area contributed by atoms with Crippen LogP contribution in [-0.4, -0.2) is 11.6 Å². The Morgan fingerprint density at radius 2 is 1.31 bits per heavy atom. The van der Waals surface area contributed by atoms with Crippen molar-refractivity contribution < 1.29 is 14.3 Å². The van der Waals surface area contributed by atoms with Crippen molar-refractivity contribution in [3.63, 3.8) is 0 Å². The van der Waals surface area contributed by atoms with Gasteiger partial charge in [-0.15, -0.1) is 0 Å². The summed E-state index contributed by atoms with van der Waals surface area (Å²) in [5, 5.41) is 0. The average molecular weight is 541 g/mol. The summed E-state index contributed by atoms with van der Waals surface area (Å²) in [5.74, 6) is 4.28. The third-order valence-corrected chi connectivity index (χ3v) is 10.8. The van der Waals surface area contributed by atoms with Gasteiger partial charge in [-0.25, -0.2) is 0 Å². The minimum Gasteiger partial charge on any atom is -0.492 e. The van der Waals surface area contributed by atoms with Crippen LogP contribution in [0.2, 0.25) is 0 Å². The van der Waals surface area contributed by atoms with Crippen LogP contribution in [0.1, 0.15) is 134 Å². The fraction of sp³-hybridized carbons (Fsp3) is 0.750. The molecule has 0 aromatic rings. The first kappa shape index (κ1) is 33.4. The van der Waals surface area contributed by atoms with E-state index in [1.807, 2.05) is 19.9 Å². The molecule has 2 fully saturated rings. The molecule has 3 nitrogen and oxygen atoms in total. The first-order chi connectivity index (χ1) is 18.2. The molecule has 0 aromatic heterocycles. The van der Waals surface area contributed by atoms with Crippen LogP contribution in [0.5, 0.6) is 0 Å². The number of ether oxygens (including phenoxy) is 2. The predicted octanol–water partition coefficient (Wildman–Crippen LogP) is 10.7. The molecule has 0 heterocycles. The molecule has 0 saturated heterocycles. The normalized spacial score (nSPS) is 29.3. The number of esters is 1. The molecule has 2 saturated carbocycles. The molecule has 2 aliphatic rings. The Bertz CT molecular complexity index is 952. The van der Waals surface area contributed by atoms with Crippen LogP contribution in [0.25, 0.3) is 0 Å². The fourth-order valence-electron chi connectivity index (χ4n) is 7.55. The lowest BCUT2D eigenvalue weighted by atomic mass is 9.48. The average Bonchev–Trinajstić information content (AvgIpc) is 2.89. The summed E-state index contributed by atoms with van der Waals surface area (Å²) in [6.07, 6.45) is 17.5. The monoisotopic (exact) mass is 540 g/mol. The smallest absolute Gasteiger partial charge is 0.316 e. The maximum Gasteiger partial charge on any atom is 0.316 e. The van der Waals surface area contributed by atoms with Gasteiger partial charge in [0, 0.05) is 5.41 Å². The molecule has 0 aliphatic heterocycles. The molecule has 222 valence electrons. The number of carbonyl (C=O) groups is 1. The van der Waals surface area contributed by atoms with Gasteiger partial charge < -0.3 is 9.47 Å². The Kier molecular flexibility index (Phi) is 11.8. The second kappa shape index (κ2) is 13.7. The summed E-state index contributed by atoms with van der Waals surface area (Å²) < 4.78 is 12.2. The number of hydrogen-bond acceptors (Lipinski definition) is 3. The van der Waals surface area contributed by atoms with Crippen LogP contribution in [0, 0.1) is 34.5 Å². The molecule has 0 amide bonds. The molecule has 0 spiro atoms. The van der Waals surface area contributed by atoms with Gasteiger partial charge in [0.2, 0.25) is 0 Å². The van der Waals surface area contributed by atoms with Crippen LogP contribution in [-0.2, 0) is 14.3 Å². The van der Waals surface area contributed by atoms with Crippen molar-refractivity contribution in [1.29, 1.82) is 0 Å². The molecule has 5 atom stereocenters. The van der Waals surface area contributed by atoms with E-state index in [1.165, 1.54) is 36.8 Å². The van der Waals surface area contributed by atoms with Crippen molar-refractivity contribution in [3.05, 3.63) is 47.0 Å². The number of carbonyl (C=O) groups excluding carboxylic acids is 1. The van der Waals surface area contributed by atoms with Crippen molar-refractivity contribution in [1.82, 2.24) is 0 Å². The molecule has 2 bridgehead atoms. The van der Waals surface area contributed by atoms with Crippen molar-refractivity contribution in [2.45, 2.75) is 140 Å². The number of fused-ring (bicyclic) bond motifs is 2. The van der Waals surface area contributed by atoms with E-state index >= 15 is 0 Å². The molecule has 0 radical (unpaired) electrons. The SMILES string of the molecule is CCC(C)(CC)O/C(C)=C/C=C(\C)C1(/C(C)=C/C=C(\C)OC(=O)C(C)(CC)CC)C(C)CC2CC(C)CC1C2. The first-order valence-electron chi connectivity index (χ1n) is 15.8. The molecular weight excluding hydrogens is 480 g/mol. The zero-order valence-electron chi connectivity index (χ0n) is 27.5. The van der Waals surface area contributed by atoms with Crippen molar-refractivity contribution >= 4 is 5.97 Å². The summed E-state index contributed by atoms with van der Waals surface area (Å²) in [4.78, 5) is 12.9. The highest BCUT2D eigenvalue weighted by Crippen LogP contribution is 2.61. The quantitative estimate of drug-likeness (QED) is 0.140. The zero-order chi connectivity index (χ0) is 29.6. The number of hydrogen-bond donors (Lipinski definition) is 0. The van der Waals surface area contributed by atoms with Crippen LogP contribution in [0.3, 0.4) is 0 Å². The molecule has 0 aromatic carbocycles. The van der Waals surface area contributed by atoms with E-state index < -0.39 is 5.41 Å². The van der Waals surface area contributed by atoms with E-state index in [-0.39, 0.29) is 17.0 Å². The fourth-order valence-corrected chi connectivity index (χ4v) is 7.55. The van der Waals surface area contributed by atoms with Gasteiger partial charge in [-0.1, -0.05) is 64.8 Å². The second-order valence-corrected chi connectivity index (χ2v) is 13.6. The first-order valence-corrected chi connectivity index (χ1v) is 15.8. The largest absolute Gasteiger partial charge is 0.492 e. The van der Waals surface area contributed by atoms with E-state index in [0.717, 1.165) is 43.3 Å². The lowest BCUT2D eigenvalue weighted by molar-refractivity contribution is -0.150. The van der Waals surface area contributed by atoms with Gasteiger partial charge in [0.25, 0.3) is 0 Å². The standard InChI is InChI=1S/C36H60O3/c1-13-34(11,14-2)33(37)38-29(9)19-17-26(6)36(28(8)23-31-21-25(5)22-32(36)24-31)27(7)18-20-30(10)39-35(12,15-3)16-4/h17-20,25,28,31-32H,13-16,21-24H2,1-12H3/b26-17+,27-18+,29-19+,30-20+. The molecule has 2 aliphatic carbocycles. The Morgan fingerprint density at radius 3 is 1.82 bits per heavy atom. The highest BCUT2D eigenvalue weighted by atomic mass is 16.5. The topological polar surface area (TPSA) is 35.5 Å². The van der Waals surface area contributed by atoms with Crippen molar-refractivity contribution in [3.8, 4) is 0 Å². The predicted molar refractivity (Wildman–Crippen MR) is 166 cm³/mol. The van der Waals surface area contributed by atoms with E-state index in [0.29, 0.717) is 17.6 Å². The molecule has 2 rings (SSSR count). The Labute approximate surface area is 241 Å². The van der Waals surface area contributed by atoms with Gasteiger partial charge in [-0.05, 0) is 129 Å². The number of allylic oxidation sites excluding steroid dienone is 8. The summed E-state index contributed by atoms with van der Waals surface area (Å²) in [6, 6.07) is 0. The lowest BCUT2D eigenvalue weighted by Crippen LogP contribution is -2.48. The third-order valence-electron chi connectivity index (χ3n) is 10.8. The third kappa shape index (κ3) is 7.50. The minimum absolute atomic E-state index is 0.0110. The molecular formula is C36H60O3. The molecule has 0 N–H and O–H groups in total. The van der Waals surface area contributed by atoms with E-state index in [1.54, 1.807) is 0 Å². The van der Waals surface area contributed by atoms with Crippen molar-refractivity contribution in [2.75, 3.05) is 0 Å². The Hall–Kier alpha value is -1.77. The van der Waals surface area contributed by atoms with Crippen LogP contribution >= 0.6 is 0 Å². The van der Waals surface area contributed by atoms with Crippen LogP contribution < -0.4 is 0 Å². The van der Waals surface area contributed by atoms with E-state index in [9.17, 15) is 4.79 Å². The van der Waals surface area contributed by atoms with Crippen LogP contribution in [0.4, 0.5) is 0 Å². The highest BCUT2D eigenvalue weighted by Gasteiger charge is 2.52. The Morgan fingerprint density at radius 1 is 0.769 bits per heavy atom. The number of rotatable bonds is 12. The summed E-state index contributed by atoms with van der Waals surface area (Å²) in [5.41, 5.74) is 2.24. The Balaban J connectivity index is 2.50. The maximum absolute atomic E-state index is 12.9.